The number of pyridine rings is 1. The Kier molecular flexibility index (Phi) is 1.92. The molecule has 3 nitrogen and oxygen atoms in total. The molecule has 0 fully saturated rings. The maximum Gasteiger partial charge on any atom is 0.272 e. The first kappa shape index (κ1) is 8.44. The van der Waals surface area contributed by atoms with Crippen LogP contribution in [0.15, 0.2) is 33.7 Å². The van der Waals surface area contributed by atoms with E-state index in [2.05, 4.69) is 20.9 Å². The van der Waals surface area contributed by atoms with Crippen molar-refractivity contribution in [3.63, 3.8) is 0 Å². The van der Waals surface area contributed by atoms with Gasteiger partial charge in [0.15, 0.2) is 0 Å². The van der Waals surface area contributed by atoms with E-state index in [0.717, 1.165) is 5.69 Å². The molecule has 0 atom stereocenters. The molecule has 0 aliphatic carbocycles. The van der Waals surface area contributed by atoms with Gasteiger partial charge in [0.05, 0.1) is 0 Å². The first-order valence-corrected chi connectivity index (χ1v) is 4.62. The Balaban J connectivity index is 3.06. The lowest BCUT2D eigenvalue weighted by atomic mass is 10.3. The fraction of sp³-hybridized carbons (Fsp3) is 0.111. The molecule has 0 spiro atoms. The first-order chi connectivity index (χ1) is 6.20. The Hall–Kier alpha value is -1.16. The van der Waals surface area contributed by atoms with Crippen molar-refractivity contribution < 1.29 is 0 Å². The predicted molar refractivity (Wildman–Crippen MR) is 53.9 cm³/mol. The molecule has 2 heterocycles. The first-order valence-electron chi connectivity index (χ1n) is 3.83. The summed E-state index contributed by atoms with van der Waals surface area (Å²) in [4.78, 5) is 15.7. The zero-order chi connectivity index (χ0) is 9.42. The maximum atomic E-state index is 11.6. The van der Waals surface area contributed by atoms with Crippen LogP contribution in [0.1, 0.15) is 5.69 Å². The Labute approximate surface area is 83.2 Å². The van der Waals surface area contributed by atoms with E-state index in [9.17, 15) is 4.79 Å². The number of fused-ring (bicyclic) bond motifs is 1. The summed E-state index contributed by atoms with van der Waals surface area (Å²) in [5.41, 5.74) is 1.49. The van der Waals surface area contributed by atoms with Crippen molar-refractivity contribution in [1.29, 1.82) is 0 Å². The molecule has 0 aliphatic rings. The van der Waals surface area contributed by atoms with Crippen molar-refractivity contribution in [3.05, 3.63) is 44.9 Å². The minimum absolute atomic E-state index is 0.0666. The Morgan fingerprint density at radius 1 is 1.46 bits per heavy atom. The van der Waals surface area contributed by atoms with Gasteiger partial charge < -0.3 is 0 Å². The van der Waals surface area contributed by atoms with E-state index in [4.69, 9.17) is 0 Å². The van der Waals surface area contributed by atoms with Gasteiger partial charge in [0.2, 0.25) is 0 Å². The lowest BCUT2D eigenvalue weighted by Crippen LogP contribution is -2.17. The normalized spacial score (nSPS) is 10.6. The topological polar surface area (TPSA) is 34.4 Å². The monoisotopic (exact) mass is 238 g/mol. The molecular weight excluding hydrogens is 232 g/mol. The minimum Gasteiger partial charge on any atom is -0.268 e. The number of nitrogens with zero attached hydrogens (tertiary/aromatic N) is 2. The summed E-state index contributed by atoms with van der Waals surface area (Å²) in [5, 5.41) is 0. The molecule has 2 aromatic rings. The van der Waals surface area contributed by atoms with E-state index in [-0.39, 0.29) is 5.56 Å². The Morgan fingerprint density at radius 2 is 2.23 bits per heavy atom. The van der Waals surface area contributed by atoms with Crippen LogP contribution in [0.5, 0.6) is 0 Å². The molecule has 0 aromatic carbocycles. The SMILES string of the molecule is Cc1cccc2ncc(Br)c(=O)n12. The highest BCUT2D eigenvalue weighted by molar-refractivity contribution is 9.10. The quantitative estimate of drug-likeness (QED) is 0.702. The molecule has 0 radical (unpaired) electrons. The second-order valence-electron chi connectivity index (χ2n) is 2.77. The number of hydrogen-bond donors (Lipinski definition) is 0. The molecule has 13 heavy (non-hydrogen) atoms. The third kappa shape index (κ3) is 1.27. The highest BCUT2D eigenvalue weighted by Crippen LogP contribution is 2.05. The molecule has 0 unspecified atom stereocenters. The molecule has 0 amide bonds. The van der Waals surface area contributed by atoms with E-state index < -0.39 is 0 Å². The minimum atomic E-state index is -0.0666. The van der Waals surface area contributed by atoms with Crippen molar-refractivity contribution in [2.75, 3.05) is 0 Å². The van der Waals surface area contributed by atoms with E-state index in [0.29, 0.717) is 10.1 Å². The van der Waals surface area contributed by atoms with Crippen molar-refractivity contribution in [2.24, 2.45) is 0 Å². The van der Waals surface area contributed by atoms with Gasteiger partial charge in [-0.15, -0.1) is 0 Å². The molecule has 0 saturated carbocycles. The summed E-state index contributed by atoms with van der Waals surface area (Å²) in [6, 6.07) is 5.56. The highest BCUT2D eigenvalue weighted by atomic mass is 79.9. The van der Waals surface area contributed by atoms with E-state index in [1.807, 2.05) is 19.1 Å². The molecule has 2 rings (SSSR count). The van der Waals surface area contributed by atoms with Crippen molar-refractivity contribution in [3.8, 4) is 0 Å². The van der Waals surface area contributed by atoms with Crippen LogP contribution in [0.2, 0.25) is 0 Å². The standard InChI is InChI=1S/C9H7BrN2O/c1-6-3-2-4-8-11-5-7(10)9(13)12(6)8/h2-5H,1H3. The largest absolute Gasteiger partial charge is 0.272 e. The summed E-state index contributed by atoms with van der Waals surface area (Å²) in [6.45, 7) is 1.88. The molecule has 66 valence electrons. The summed E-state index contributed by atoms with van der Waals surface area (Å²) in [6.07, 6.45) is 1.52. The van der Waals surface area contributed by atoms with Crippen molar-refractivity contribution in [1.82, 2.24) is 9.38 Å². The molecule has 0 aliphatic heterocycles. The lowest BCUT2D eigenvalue weighted by molar-refractivity contribution is 0.980. The van der Waals surface area contributed by atoms with Crippen LogP contribution in [-0.2, 0) is 0 Å². The van der Waals surface area contributed by atoms with Gasteiger partial charge in [-0.2, -0.15) is 0 Å². The molecular formula is C9H7BrN2O. The lowest BCUT2D eigenvalue weighted by Gasteiger charge is -2.02. The fourth-order valence-electron chi connectivity index (χ4n) is 1.25. The number of hydrogen-bond acceptors (Lipinski definition) is 2. The second kappa shape index (κ2) is 2.96. The number of rotatable bonds is 0. The Morgan fingerprint density at radius 3 is 3.00 bits per heavy atom. The van der Waals surface area contributed by atoms with Crippen molar-refractivity contribution in [2.45, 2.75) is 6.92 Å². The third-order valence-electron chi connectivity index (χ3n) is 1.88. The van der Waals surface area contributed by atoms with E-state index in [1.165, 1.54) is 6.20 Å². The van der Waals surface area contributed by atoms with Gasteiger partial charge in [0.25, 0.3) is 5.56 Å². The van der Waals surface area contributed by atoms with Crippen LogP contribution in [0, 0.1) is 6.92 Å². The van der Waals surface area contributed by atoms with Gasteiger partial charge in [0.1, 0.15) is 10.1 Å². The van der Waals surface area contributed by atoms with E-state index in [1.54, 1.807) is 10.5 Å². The van der Waals surface area contributed by atoms with E-state index >= 15 is 0 Å². The summed E-state index contributed by atoms with van der Waals surface area (Å²) >= 11 is 3.15. The average Bonchev–Trinajstić information content (AvgIpc) is 2.12. The molecule has 0 N–H and O–H groups in total. The second-order valence-corrected chi connectivity index (χ2v) is 3.63. The third-order valence-corrected chi connectivity index (χ3v) is 2.43. The highest BCUT2D eigenvalue weighted by Gasteiger charge is 2.02. The molecule has 0 saturated heterocycles. The van der Waals surface area contributed by atoms with Crippen LogP contribution in [-0.4, -0.2) is 9.38 Å². The van der Waals surface area contributed by atoms with Gasteiger partial charge in [0, 0.05) is 11.9 Å². The maximum absolute atomic E-state index is 11.6. The Bertz CT molecular complexity index is 518. The van der Waals surface area contributed by atoms with Crippen LogP contribution in [0.4, 0.5) is 0 Å². The van der Waals surface area contributed by atoms with Gasteiger partial charge in [-0.3, -0.25) is 9.20 Å². The zero-order valence-electron chi connectivity index (χ0n) is 6.99. The van der Waals surface area contributed by atoms with Gasteiger partial charge in [-0.05, 0) is 35.0 Å². The van der Waals surface area contributed by atoms with Gasteiger partial charge >= 0.3 is 0 Å². The fourth-order valence-corrected chi connectivity index (χ4v) is 1.53. The summed E-state index contributed by atoms with van der Waals surface area (Å²) < 4.78 is 2.06. The molecule has 0 bridgehead atoms. The van der Waals surface area contributed by atoms with Crippen molar-refractivity contribution >= 4 is 21.6 Å². The van der Waals surface area contributed by atoms with Gasteiger partial charge in [-0.1, -0.05) is 6.07 Å². The number of aryl methyl sites for hydroxylation is 1. The van der Waals surface area contributed by atoms with Crippen LogP contribution in [0.3, 0.4) is 0 Å². The average molecular weight is 239 g/mol. The summed E-state index contributed by atoms with van der Waals surface area (Å²) in [5.74, 6) is 0. The predicted octanol–water partition coefficient (Wildman–Crippen LogP) is 1.77. The smallest absolute Gasteiger partial charge is 0.268 e. The zero-order valence-corrected chi connectivity index (χ0v) is 8.58. The number of aromatic nitrogens is 2. The van der Waals surface area contributed by atoms with Crippen LogP contribution >= 0.6 is 15.9 Å². The van der Waals surface area contributed by atoms with Crippen LogP contribution in [0.25, 0.3) is 5.65 Å². The molecule has 4 heteroatoms. The molecule has 2 aromatic heterocycles. The van der Waals surface area contributed by atoms with Crippen LogP contribution < -0.4 is 5.56 Å². The summed E-state index contributed by atoms with van der Waals surface area (Å²) in [7, 11) is 0. The number of halogens is 1. The van der Waals surface area contributed by atoms with Gasteiger partial charge in [-0.25, -0.2) is 4.98 Å².